The molecular formula is C13H22N2O2S. The molecule has 0 aliphatic rings. The fourth-order valence-electron chi connectivity index (χ4n) is 2.12. The molecule has 0 aliphatic heterocycles. The van der Waals surface area contributed by atoms with Gasteiger partial charge in [-0.25, -0.2) is 8.42 Å². The first-order valence-corrected chi connectivity index (χ1v) is 8.02. The van der Waals surface area contributed by atoms with Crippen LogP contribution in [0.5, 0.6) is 0 Å². The molecule has 0 atom stereocenters. The van der Waals surface area contributed by atoms with Crippen molar-refractivity contribution < 1.29 is 8.42 Å². The Labute approximate surface area is 110 Å². The lowest BCUT2D eigenvalue weighted by Gasteiger charge is -2.29. The second-order valence-electron chi connectivity index (χ2n) is 4.57. The number of sulfone groups is 1. The van der Waals surface area contributed by atoms with E-state index in [0.29, 0.717) is 11.7 Å². The fourth-order valence-corrected chi connectivity index (χ4v) is 2.77. The van der Waals surface area contributed by atoms with E-state index < -0.39 is 9.84 Å². The zero-order valence-electron chi connectivity index (χ0n) is 11.5. The highest BCUT2D eigenvalue weighted by Crippen LogP contribution is 2.28. The van der Waals surface area contributed by atoms with Crippen LogP contribution in [0.1, 0.15) is 26.7 Å². The topological polar surface area (TPSA) is 63.4 Å². The van der Waals surface area contributed by atoms with Gasteiger partial charge in [0.05, 0.1) is 16.3 Å². The molecule has 18 heavy (non-hydrogen) atoms. The first kappa shape index (κ1) is 14.8. The number of nitrogen functional groups attached to an aromatic ring is 1. The van der Waals surface area contributed by atoms with Crippen molar-refractivity contribution in [3.63, 3.8) is 0 Å². The summed E-state index contributed by atoms with van der Waals surface area (Å²) in [6.07, 6.45) is 3.24. The lowest BCUT2D eigenvalue weighted by molar-refractivity contribution is 0.591. The van der Waals surface area contributed by atoms with Gasteiger partial charge < -0.3 is 10.6 Å². The van der Waals surface area contributed by atoms with Crippen molar-refractivity contribution in [1.82, 2.24) is 0 Å². The largest absolute Gasteiger partial charge is 0.397 e. The number of benzene rings is 1. The van der Waals surface area contributed by atoms with Gasteiger partial charge >= 0.3 is 0 Å². The summed E-state index contributed by atoms with van der Waals surface area (Å²) in [5, 5.41) is 0. The summed E-state index contributed by atoms with van der Waals surface area (Å²) >= 11 is 0. The Morgan fingerprint density at radius 1 is 1.28 bits per heavy atom. The molecule has 0 heterocycles. The summed E-state index contributed by atoms with van der Waals surface area (Å²) in [7, 11) is -1.21. The van der Waals surface area contributed by atoms with Crippen molar-refractivity contribution in [2.24, 2.45) is 0 Å². The molecule has 0 fully saturated rings. The van der Waals surface area contributed by atoms with Gasteiger partial charge in [0.15, 0.2) is 9.84 Å². The summed E-state index contributed by atoms with van der Waals surface area (Å²) in [6.45, 7) is 4.26. The third-order valence-corrected chi connectivity index (χ3v) is 4.41. The first-order valence-electron chi connectivity index (χ1n) is 6.13. The molecule has 5 heteroatoms. The van der Waals surface area contributed by atoms with E-state index in [-0.39, 0.29) is 4.90 Å². The standard InChI is InChI=1S/C13H22N2O2S/c1-5-10(6-2)15(3)13-8-7-11(9-12(13)14)18(4,16)17/h7-10H,5-6,14H2,1-4H3. The van der Waals surface area contributed by atoms with Crippen LogP contribution in [-0.4, -0.2) is 27.8 Å². The molecule has 0 aliphatic carbocycles. The van der Waals surface area contributed by atoms with E-state index in [1.165, 1.54) is 12.3 Å². The minimum Gasteiger partial charge on any atom is -0.397 e. The average molecular weight is 270 g/mol. The van der Waals surface area contributed by atoms with Crippen LogP contribution < -0.4 is 10.6 Å². The Hall–Kier alpha value is -1.23. The highest BCUT2D eigenvalue weighted by atomic mass is 32.2. The molecular weight excluding hydrogens is 248 g/mol. The van der Waals surface area contributed by atoms with Gasteiger partial charge in [-0.05, 0) is 31.0 Å². The third-order valence-electron chi connectivity index (χ3n) is 3.30. The van der Waals surface area contributed by atoms with Crippen LogP contribution in [0.3, 0.4) is 0 Å². The van der Waals surface area contributed by atoms with Crippen molar-refractivity contribution in [2.75, 3.05) is 23.9 Å². The zero-order valence-corrected chi connectivity index (χ0v) is 12.3. The molecule has 0 saturated heterocycles. The minimum atomic E-state index is -3.20. The summed E-state index contributed by atoms with van der Waals surface area (Å²) < 4.78 is 22.9. The molecule has 0 bridgehead atoms. The maximum absolute atomic E-state index is 11.4. The number of nitrogens with zero attached hydrogens (tertiary/aromatic N) is 1. The van der Waals surface area contributed by atoms with E-state index in [2.05, 4.69) is 18.7 Å². The zero-order chi connectivity index (χ0) is 13.9. The average Bonchev–Trinajstić information content (AvgIpc) is 2.29. The molecule has 1 aromatic carbocycles. The van der Waals surface area contributed by atoms with Crippen LogP contribution in [0.15, 0.2) is 23.1 Å². The maximum atomic E-state index is 11.4. The molecule has 0 radical (unpaired) electrons. The molecule has 102 valence electrons. The lowest BCUT2D eigenvalue weighted by Crippen LogP contribution is -2.30. The number of anilines is 2. The van der Waals surface area contributed by atoms with E-state index in [9.17, 15) is 8.42 Å². The van der Waals surface area contributed by atoms with E-state index in [1.54, 1.807) is 12.1 Å². The molecule has 1 rings (SSSR count). The molecule has 4 nitrogen and oxygen atoms in total. The van der Waals surface area contributed by atoms with Crippen LogP contribution in [0, 0.1) is 0 Å². The summed E-state index contributed by atoms with van der Waals surface area (Å²) in [5.74, 6) is 0. The van der Waals surface area contributed by atoms with E-state index in [4.69, 9.17) is 5.73 Å². The van der Waals surface area contributed by atoms with Gasteiger partial charge in [0, 0.05) is 19.3 Å². The number of hydrogen-bond donors (Lipinski definition) is 1. The smallest absolute Gasteiger partial charge is 0.175 e. The van der Waals surface area contributed by atoms with Crippen LogP contribution >= 0.6 is 0 Å². The Bertz CT molecular complexity index is 508. The van der Waals surface area contributed by atoms with Crippen LogP contribution in [0.4, 0.5) is 11.4 Å². The number of rotatable bonds is 5. The summed E-state index contributed by atoms with van der Waals surface area (Å²) in [6, 6.07) is 5.34. The van der Waals surface area contributed by atoms with Gasteiger partial charge in [-0.1, -0.05) is 13.8 Å². The highest BCUT2D eigenvalue weighted by Gasteiger charge is 2.15. The molecule has 0 spiro atoms. The van der Waals surface area contributed by atoms with Crippen molar-refractivity contribution in [3.8, 4) is 0 Å². The van der Waals surface area contributed by atoms with Gasteiger partial charge in [-0.3, -0.25) is 0 Å². The SMILES string of the molecule is CCC(CC)N(C)c1ccc(S(C)(=O)=O)cc1N. The van der Waals surface area contributed by atoms with Crippen molar-refractivity contribution >= 4 is 21.2 Å². The van der Waals surface area contributed by atoms with Crippen LogP contribution in [0.2, 0.25) is 0 Å². The Balaban J connectivity index is 3.13. The minimum absolute atomic E-state index is 0.265. The number of hydrogen-bond acceptors (Lipinski definition) is 4. The van der Waals surface area contributed by atoms with Crippen LogP contribution in [0.25, 0.3) is 0 Å². The van der Waals surface area contributed by atoms with Gasteiger partial charge in [0.2, 0.25) is 0 Å². The Morgan fingerprint density at radius 2 is 1.83 bits per heavy atom. The predicted molar refractivity (Wildman–Crippen MR) is 76.7 cm³/mol. The first-order chi connectivity index (χ1) is 8.31. The van der Waals surface area contributed by atoms with Crippen molar-refractivity contribution in [1.29, 1.82) is 0 Å². The second kappa shape index (κ2) is 5.61. The van der Waals surface area contributed by atoms with E-state index in [0.717, 1.165) is 18.5 Å². The van der Waals surface area contributed by atoms with Gasteiger partial charge in [0.25, 0.3) is 0 Å². The third kappa shape index (κ3) is 3.16. The molecule has 0 unspecified atom stereocenters. The molecule has 0 saturated carbocycles. The predicted octanol–water partition coefficient (Wildman–Crippen LogP) is 2.30. The van der Waals surface area contributed by atoms with Gasteiger partial charge in [-0.15, -0.1) is 0 Å². The molecule has 2 N–H and O–H groups in total. The molecule has 1 aromatic rings. The van der Waals surface area contributed by atoms with E-state index >= 15 is 0 Å². The Kier molecular flexibility index (Phi) is 4.62. The van der Waals surface area contributed by atoms with Gasteiger partial charge in [-0.2, -0.15) is 0 Å². The quantitative estimate of drug-likeness (QED) is 0.834. The van der Waals surface area contributed by atoms with Crippen LogP contribution in [-0.2, 0) is 9.84 Å². The lowest BCUT2D eigenvalue weighted by atomic mass is 10.1. The fraction of sp³-hybridized carbons (Fsp3) is 0.538. The van der Waals surface area contributed by atoms with Gasteiger partial charge in [0.1, 0.15) is 0 Å². The highest BCUT2D eigenvalue weighted by molar-refractivity contribution is 7.90. The summed E-state index contributed by atoms with van der Waals surface area (Å²) in [5.41, 5.74) is 7.35. The monoisotopic (exact) mass is 270 g/mol. The normalized spacial score (nSPS) is 11.8. The van der Waals surface area contributed by atoms with Crippen molar-refractivity contribution in [2.45, 2.75) is 37.6 Å². The molecule has 0 amide bonds. The summed E-state index contributed by atoms with van der Waals surface area (Å²) in [4.78, 5) is 2.38. The molecule has 0 aromatic heterocycles. The second-order valence-corrected chi connectivity index (χ2v) is 6.59. The Morgan fingerprint density at radius 3 is 2.22 bits per heavy atom. The van der Waals surface area contributed by atoms with Crippen molar-refractivity contribution in [3.05, 3.63) is 18.2 Å². The number of nitrogens with two attached hydrogens (primary N) is 1. The van der Waals surface area contributed by atoms with E-state index in [1.807, 2.05) is 7.05 Å². The maximum Gasteiger partial charge on any atom is 0.175 e.